The number of hydrogen-bond acceptors (Lipinski definition) is 4. The molecule has 1 atom stereocenters. The summed E-state index contributed by atoms with van der Waals surface area (Å²) in [6.45, 7) is 3.65. The van der Waals surface area contributed by atoms with Gasteiger partial charge in [-0.2, -0.15) is 0 Å². The second-order valence-electron chi connectivity index (χ2n) is 4.52. The molecule has 19 heavy (non-hydrogen) atoms. The molecule has 5 nitrogen and oxygen atoms in total. The van der Waals surface area contributed by atoms with Gasteiger partial charge in [0.25, 0.3) is 0 Å². The van der Waals surface area contributed by atoms with Crippen molar-refractivity contribution in [1.82, 2.24) is 10.3 Å². The van der Waals surface area contributed by atoms with Crippen LogP contribution in [-0.2, 0) is 11.2 Å². The Kier molecular flexibility index (Phi) is 3.85. The SMILES string of the molecule is Cc1cnc(C(C)NC(=O)Cc2cccc(N)c2)o1. The third-order valence-corrected chi connectivity index (χ3v) is 2.70. The summed E-state index contributed by atoms with van der Waals surface area (Å²) in [5, 5.41) is 2.84. The summed E-state index contributed by atoms with van der Waals surface area (Å²) in [4.78, 5) is 16.0. The quantitative estimate of drug-likeness (QED) is 0.823. The first kappa shape index (κ1) is 13.1. The van der Waals surface area contributed by atoms with E-state index in [0.717, 1.165) is 11.3 Å². The molecule has 100 valence electrons. The molecule has 1 aromatic carbocycles. The number of nitrogens with two attached hydrogens (primary N) is 1. The van der Waals surface area contributed by atoms with Gasteiger partial charge in [-0.1, -0.05) is 12.1 Å². The lowest BCUT2D eigenvalue weighted by molar-refractivity contribution is -0.121. The summed E-state index contributed by atoms with van der Waals surface area (Å²) in [7, 11) is 0. The number of anilines is 1. The summed E-state index contributed by atoms with van der Waals surface area (Å²) < 4.78 is 5.37. The topological polar surface area (TPSA) is 81.2 Å². The average Bonchev–Trinajstić information content (AvgIpc) is 2.75. The highest BCUT2D eigenvalue weighted by atomic mass is 16.4. The molecule has 1 aromatic heterocycles. The molecular weight excluding hydrogens is 242 g/mol. The van der Waals surface area contributed by atoms with E-state index in [-0.39, 0.29) is 18.4 Å². The van der Waals surface area contributed by atoms with Gasteiger partial charge < -0.3 is 15.5 Å². The highest BCUT2D eigenvalue weighted by molar-refractivity contribution is 5.79. The van der Waals surface area contributed by atoms with Crippen LogP contribution in [0.1, 0.15) is 30.2 Å². The van der Waals surface area contributed by atoms with Gasteiger partial charge in [0.05, 0.1) is 12.6 Å². The van der Waals surface area contributed by atoms with Crippen molar-refractivity contribution in [3.63, 3.8) is 0 Å². The lowest BCUT2D eigenvalue weighted by atomic mass is 10.1. The van der Waals surface area contributed by atoms with Crippen LogP contribution in [0.2, 0.25) is 0 Å². The van der Waals surface area contributed by atoms with Crippen LogP contribution in [0, 0.1) is 6.92 Å². The predicted octanol–water partition coefficient (Wildman–Crippen LogP) is 1.99. The maximum atomic E-state index is 11.9. The first-order valence-electron chi connectivity index (χ1n) is 6.10. The minimum Gasteiger partial charge on any atom is -0.444 e. The number of carbonyl (C=O) groups is 1. The molecule has 0 saturated heterocycles. The molecule has 0 fully saturated rings. The van der Waals surface area contributed by atoms with E-state index in [4.69, 9.17) is 10.2 Å². The van der Waals surface area contributed by atoms with Gasteiger partial charge in [-0.25, -0.2) is 4.98 Å². The lowest BCUT2D eigenvalue weighted by Crippen LogP contribution is -2.28. The first-order chi connectivity index (χ1) is 9.04. The molecule has 0 spiro atoms. The Morgan fingerprint density at radius 1 is 1.53 bits per heavy atom. The van der Waals surface area contributed by atoms with Gasteiger partial charge in [-0.05, 0) is 31.5 Å². The summed E-state index contributed by atoms with van der Waals surface area (Å²) >= 11 is 0. The fraction of sp³-hybridized carbons (Fsp3) is 0.286. The van der Waals surface area contributed by atoms with E-state index < -0.39 is 0 Å². The van der Waals surface area contributed by atoms with E-state index in [1.165, 1.54) is 0 Å². The number of oxazole rings is 1. The molecule has 2 aromatic rings. The van der Waals surface area contributed by atoms with Crippen molar-refractivity contribution < 1.29 is 9.21 Å². The number of aromatic nitrogens is 1. The number of hydrogen-bond donors (Lipinski definition) is 2. The van der Waals surface area contributed by atoms with E-state index in [2.05, 4.69) is 10.3 Å². The highest BCUT2D eigenvalue weighted by Gasteiger charge is 2.14. The standard InChI is InChI=1S/C14H17N3O2/c1-9-8-16-14(19-9)10(2)17-13(18)7-11-4-3-5-12(15)6-11/h3-6,8,10H,7,15H2,1-2H3,(H,17,18). The zero-order valence-electron chi connectivity index (χ0n) is 11.0. The Bertz CT molecular complexity index is 578. The van der Waals surface area contributed by atoms with Crippen molar-refractivity contribution in [2.45, 2.75) is 26.3 Å². The fourth-order valence-corrected chi connectivity index (χ4v) is 1.82. The van der Waals surface area contributed by atoms with Gasteiger partial charge in [-0.15, -0.1) is 0 Å². The van der Waals surface area contributed by atoms with Crippen LogP contribution in [0.25, 0.3) is 0 Å². The van der Waals surface area contributed by atoms with Gasteiger partial charge in [0.1, 0.15) is 11.8 Å². The summed E-state index contributed by atoms with van der Waals surface area (Å²) in [5.74, 6) is 1.15. The Balaban J connectivity index is 1.94. The Morgan fingerprint density at radius 3 is 2.95 bits per heavy atom. The molecule has 1 unspecified atom stereocenters. The molecule has 1 heterocycles. The first-order valence-corrected chi connectivity index (χ1v) is 6.10. The van der Waals surface area contributed by atoms with Crippen LogP contribution in [0.15, 0.2) is 34.9 Å². The highest BCUT2D eigenvalue weighted by Crippen LogP contribution is 2.13. The van der Waals surface area contributed by atoms with Crippen molar-refractivity contribution in [3.05, 3.63) is 47.7 Å². The number of rotatable bonds is 4. The monoisotopic (exact) mass is 259 g/mol. The van der Waals surface area contributed by atoms with E-state index >= 15 is 0 Å². The number of amides is 1. The van der Waals surface area contributed by atoms with Crippen molar-refractivity contribution in [1.29, 1.82) is 0 Å². The zero-order valence-corrected chi connectivity index (χ0v) is 11.0. The molecule has 0 saturated carbocycles. The average molecular weight is 259 g/mol. The number of aryl methyl sites for hydroxylation is 1. The third-order valence-electron chi connectivity index (χ3n) is 2.70. The fourth-order valence-electron chi connectivity index (χ4n) is 1.82. The van der Waals surface area contributed by atoms with Crippen LogP contribution in [-0.4, -0.2) is 10.9 Å². The zero-order chi connectivity index (χ0) is 13.8. The van der Waals surface area contributed by atoms with E-state index in [9.17, 15) is 4.79 Å². The number of nitrogen functional groups attached to an aromatic ring is 1. The minimum absolute atomic E-state index is 0.0889. The van der Waals surface area contributed by atoms with Gasteiger partial charge in [0.15, 0.2) is 0 Å². The van der Waals surface area contributed by atoms with Gasteiger partial charge in [0.2, 0.25) is 11.8 Å². The second-order valence-corrected chi connectivity index (χ2v) is 4.52. The van der Waals surface area contributed by atoms with Gasteiger partial charge >= 0.3 is 0 Å². The van der Waals surface area contributed by atoms with E-state index in [1.807, 2.05) is 26.0 Å². The maximum absolute atomic E-state index is 11.9. The van der Waals surface area contributed by atoms with Crippen molar-refractivity contribution in [2.24, 2.45) is 0 Å². The third kappa shape index (κ3) is 3.58. The summed E-state index contributed by atoms with van der Waals surface area (Å²) in [6, 6.07) is 7.04. The molecular formula is C14H17N3O2. The number of carbonyl (C=O) groups excluding carboxylic acids is 1. The summed E-state index contributed by atoms with van der Waals surface area (Å²) in [5.41, 5.74) is 7.21. The van der Waals surface area contributed by atoms with Crippen molar-refractivity contribution in [3.8, 4) is 0 Å². The van der Waals surface area contributed by atoms with Crippen LogP contribution in [0.4, 0.5) is 5.69 Å². The Hall–Kier alpha value is -2.30. The van der Waals surface area contributed by atoms with E-state index in [0.29, 0.717) is 11.6 Å². The molecule has 1 amide bonds. The lowest BCUT2D eigenvalue weighted by Gasteiger charge is -2.10. The summed E-state index contributed by atoms with van der Waals surface area (Å²) in [6.07, 6.45) is 1.92. The van der Waals surface area contributed by atoms with Crippen LogP contribution >= 0.6 is 0 Å². The molecule has 0 radical (unpaired) electrons. The van der Waals surface area contributed by atoms with Gasteiger partial charge in [-0.3, -0.25) is 4.79 Å². The van der Waals surface area contributed by atoms with Crippen molar-refractivity contribution >= 4 is 11.6 Å². The van der Waals surface area contributed by atoms with Crippen LogP contribution in [0.3, 0.4) is 0 Å². The largest absolute Gasteiger partial charge is 0.444 e. The smallest absolute Gasteiger partial charge is 0.225 e. The van der Waals surface area contributed by atoms with Crippen LogP contribution in [0.5, 0.6) is 0 Å². The molecule has 0 aliphatic rings. The minimum atomic E-state index is -0.248. The normalized spacial score (nSPS) is 12.1. The number of benzene rings is 1. The maximum Gasteiger partial charge on any atom is 0.225 e. The Morgan fingerprint density at radius 2 is 2.32 bits per heavy atom. The molecule has 3 N–H and O–H groups in total. The number of nitrogens with one attached hydrogen (secondary N) is 1. The van der Waals surface area contributed by atoms with Gasteiger partial charge in [0, 0.05) is 5.69 Å². The molecule has 5 heteroatoms. The molecule has 0 bridgehead atoms. The van der Waals surface area contributed by atoms with Crippen molar-refractivity contribution in [2.75, 3.05) is 5.73 Å². The van der Waals surface area contributed by atoms with Crippen LogP contribution < -0.4 is 11.1 Å². The van der Waals surface area contributed by atoms with E-state index in [1.54, 1.807) is 18.3 Å². The predicted molar refractivity (Wildman–Crippen MR) is 72.4 cm³/mol. The molecule has 0 aliphatic carbocycles. The molecule has 2 rings (SSSR count). The molecule has 0 aliphatic heterocycles. The Labute approximate surface area is 111 Å². The number of nitrogens with zero attached hydrogens (tertiary/aromatic N) is 1. The second kappa shape index (κ2) is 5.56.